The van der Waals surface area contributed by atoms with E-state index in [1.165, 1.54) is 0 Å². The molecule has 0 bridgehead atoms. The smallest absolute Gasteiger partial charge is 0.419 e. The van der Waals surface area contributed by atoms with E-state index in [-0.39, 0.29) is 0 Å². The van der Waals surface area contributed by atoms with Crippen LogP contribution < -0.4 is 4.74 Å². The van der Waals surface area contributed by atoms with Gasteiger partial charge in [0, 0.05) is 5.56 Å². The minimum absolute atomic E-state index is 0.586. The van der Waals surface area contributed by atoms with E-state index in [9.17, 15) is 22.0 Å². The van der Waals surface area contributed by atoms with E-state index in [4.69, 9.17) is 5.11 Å². The molecular weight excluding hydrogens is 247 g/mol. The number of hydrogen-bond donors (Lipinski definition) is 1. The number of halogens is 5. The molecule has 0 amide bonds. The topological polar surface area (TPSA) is 29.5 Å². The van der Waals surface area contributed by atoms with E-state index in [1.54, 1.807) is 0 Å². The summed E-state index contributed by atoms with van der Waals surface area (Å²) in [5.74, 6) is -0.784. The summed E-state index contributed by atoms with van der Waals surface area (Å²) >= 11 is 0. The fourth-order valence-corrected chi connectivity index (χ4v) is 1.37. The largest absolute Gasteiger partial charge is 0.496 e. The van der Waals surface area contributed by atoms with Gasteiger partial charge in [-0.1, -0.05) is 12.1 Å². The molecule has 0 fully saturated rings. The SMILES string of the molecule is COc1c(C(O)C(F)F)cccc1C(F)(F)F. The lowest BCUT2D eigenvalue weighted by Crippen LogP contribution is -2.14. The van der Waals surface area contributed by atoms with E-state index in [0.717, 1.165) is 19.2 Å². The fourth-order valence-electron chi connectivity index (χ4n) is 1.37. The van der Waals surface area contributed by atoms with Crippen LogP contribution in [-0.4, -0.2) is 18.6 Å². The normalized spacial score (nSPS) is 13.9. The molecule has 0 aromatic heterocycles. The first-order chi connectivity index (χ1) is 7.79. The highest BCUT2D eigenvalue weighted by molar-refractivity contribution is 5.44. The molecule has 0 aliphatic heterocycles. The van der Waals surface area contributed by atoms with Crippen LogP contribution in [0.2, 0.25) is 0 Å². The second kappa shape index (κ2) is 4.87. The first-order valence-electron chi connectivity index (χ1n) is 4.49. The van der Waals surface area contributed by atoms with Gasteiger partial charge in [0.15, 0.2) is 0 Å². The number of aliphatic hydroxyl groups excluding tert-OH is 1. The van der Waals surface area contributed by atoms with Crippen molar-refractivity contribution in [1.29, 1.82) is 0 Å². The Hall–Kier alpha value is -1.37. The summed E-state index contributed by atoms with van der Waals surface area (Å²) in [5, 5.41) is 9.10. The number of hydrogen-bond acceptors (Lipinski definition) is 2. The molecule has 1 rings (SSSR count). The fraction of sp³-hybridized carbons (Fsp3) is 0.400. The van der Waals surface area contributed by atoms with Crippen molar-refractivity contribution < 1.29 is 31.8 Å². The van der Waals surface area contributed by atoms with Crippen molar-refractivity contribution >= 4 is 0 Å². The number of rotatable bonds is 3. The minimum atomic E-state index is -4.73. The zero-order valence-electron chi connectivity index (χ0n) is 8.63. The molecule has 1 atom stereocenters. The van der Waals surface area contributed by atoms with Gasteiger partial charge >= 0.3 is 6.18 Å². The number of aliphatic hydroxyl groups is 1. The van der Waals surface area contributed by atoms with E-state index in [1.807, 2.05) is 0 Å². The van der Waals surface area contributed by atoms with Gasteiger partial charge in [-0.3, -0.25) is 0 Å². The van der Waals surface area contributed by atoms with Crippen molar-refractivity contribution in [2.75, 3.05) is 7.11 Å². The first kappa shape index (κ1) is 13.7. The van der Waals surface area contributed by atoms with E-state index < -0.39 is 35.6 Å². The molecule has 1 aromatic rings. The average Bonchev–Trinajstić information content (AvgIpc) is 2.25. The molecule has 0 heterocycles. The number of benzene rings is 1. The summed E-state index contributed by atoms with van der Waals surface area (Å²) in [6, 6.07) is 2.59. The molecule has 0 spiro atoms. The Balaban J connectivity index is 3.34. The van der Waals surface area contributed by atoms with Gasteiger partial charge in [0.2, 0.25) is 0 Å². The quantitative estimate of drug-likeness (QED) is 0.842. The second-order valence-electron chi connectivity index (χ2n) is 3.21. The van der Waals surface area contributed by atoms with Crippen LogP contribution in [0.5, 0.6) is 5.75 Å². The van der Waals surface area contributed by atoms with Crippen LogP contribution in [0.1, 0.15) is 17.2 Å². The maximum absolute atomic E-state index is 12.5. The number of ether oxygens (including phenoxy) is 1. The molecule has 1 N–H and O–H groups in total. The van der Waals surface area contributed by atoms with Gasteiger partial charge in [-0.25, -0.2) is 8.78 Å². The lowest BCUT2D eigenvalue weighted by atomic mass is 10.0. The molecule has 0 saturated carbocycles. The molecule has 2 nitrogen and oxygen atoms in total. The summed E-state index contributed by atoms with van der Waals surface area (Å²) in [6.07, 6.45) is -10.2. The summed E-state index contributed by atoms with van der Waals surface area (Å²) < 4.78 is 66.6. The number of para-hydroxylation sites is 1. The highest BCUT2D eigenvalue weighted by Crippen LogP contribution is 2.40. The number of alkyl halides is 5. The maximum Gasteiger partial charge on any atom is 0.419 e. The lowest BCUT2D eigenvalue weighted by molar-refractivity contribution is -0.139. The summed E-state index contributed by atoms with van der Waals surface area (Å²) in [5.41, 5.74) is -1.78. The van der Waals surface area contributed by atoms with Crippen LogP contribution in [0.25, 0.3) is 0 Å². The van der Waals surface area contributed by atoms with Crippen LogP contribution in [0.15, 0.2) is 18.2 Å². The van der Waals surface area contributed by atoms with Gasteiger partial charge in [0.1, 0.15) is 11.9 Å². The van der Waals surface area contributed by atoms with Gasteiger partial charge in [0.05, 0.1) is 12.7 Å². The molecule has 0 radical (unpaired) electrons. The average molecular weight is 256 g/mol. The van der Waals surface area contributed by atoms with Gasteiger partial charge in [-0.05, 0) is 6.07 Å². The Morgan fingerprint density at radius 1 is 1.24 bits per heavy atom. The first-order valence-corrected chi connectivity index (χ1v) is 4.49. The van der Waals surface area contributed by atoms with Crippen molar-refractivity contribution in [3.05, 3.63) is 29.3 Å². The monoisotopic (exact) mass is 256 g/mol. The predicted octanol–water partition coefficient (Wildman–Crippen LogP) is 3.01. The van der Waals surface area contributed by atoms with Crippen LogP contribution in [0.4, 0.5) is 22.0 Å². The van der Waals surface area contributed by atoms with E-state index in [0.29, 0.717) is 6.07 Å². The Labute approximate surface area is 93.6 Å². The maximum atomic E-state index is 12.5. The Morgan fingerprint density at radius 3 is 2.24 bits per heavy atom. The summed E-state index contributed by atoms with van der Waals surface area (Å²) in [4.78, 5) is 0. The third-order valence-corrected chi connectivity index (χ3v) is 2.11. The Morgan fingerprint density at radius 2 is 1.82 bits per heavy atom. The molecule has 96 valence electrons. The third kappa shape index (κ3) is 2.85. The standard InChI is InChI=1S/C10H9F5O2/c1-17-8-5(7(16)9(11)12)3-2-4-6(8)10(13,14)15/h2-4,7,9,16H,1H3. The third-order valence-electron chi connectivity index (χ3n) is 2.11. The van der Waals surface area contributed by atoms with Crippen molar-refractivity contribution in [3.8, 4) is 5.75 Å². The zero-order valence-corrected chi connectivity index (χ0v) is 8.63. The molecule has 1 aromatic carbocycles. The molecule has 0 saturated heterocycles. The molecular formula is C10H9F5O2. The van der Waals surface area contributed by atoms with Crippen LogP contribution in [-0.2, 0) is 6.18 Å². The van der Waals surface area contributed by atoms with Crippen molar-refractivity contribution in [2.24, 2.45) is 0 Å². The van der Waals surface area contributed by atoms with Gasteiger partial charge in [0.25, 0.3) is 6.43 Å². The molecule has 0 aliphatic carbocycles. The number of methoxy groups -OCH3 is 1. The Bertz CT molecular complexity index is 389. The van der Waals surface area contributed by atoms with Crippen LogP contribution in [0.3, 0.4) is 0 Å². The highest BCUT2D eigenvalue weighted by atomic mass is 19.4. The highest BCUT2D eigenvalue weighted by Gasteiger charge is 2.37. The second-order valence-corrected chi connectivity index (χ2v) is 3.21. The van der Waals surface area contributed by atoms with Gasteiger partial charge in [-0.15, -0.1) is 0 Å². The van der Waals surface area contributed by atoms with E-state index in [2.05, 4.69) is 4.74 Å². The summed E-state index contributed by atoms with van der Waals surface area (Å²) in [6.45, 7) is 0. The van der Waals surface area contributed by atoms with Gasteiger partial charge in [-0.2, -0.15) is 13.2 Å². The van der Waals surface area contributed by atoms with Crippen LogP contribution >= 0.6 is 0 Å². The molecule has 0 aliphatic rings. The van der Waals surface area contributed by atoms with Crippen molar-refractivity contribution in [1.82, 2.24) is 0 Å². The zero-order chi connectivity index (χ0) is 13.2. The minimum Gasteiger partial charge on any atom is -0.496 e. The molecule has 1 unspecified atom stereocenters. The Kier molecular flexibility index (Phi) is 3.92. The summed E-state index contributed by atoms with van der Waals surface area (Å²) in [7, 11) is 0.923. The predicted molar refractivity (Wildman–Crippen MR) is 49.0 cm³/mol. The van der Waals surface area contributed by atoms with Crippen LogP contribution in [0, 0.1) is 0 Å². The van der Waals surface area contributed by atoms with Crippen molar-refractivity contribution in [2.45, 2.75) is 18.7 Å². The molecule has 17 heavy (non-hydrogen) atoms. The van der Waals surface area contributed by atoms with Gasteiger partial charge < -0.3 is 9.84 Å². The van der Waals surface area contributed by atoms with E-state index >= 15 is 0 Å². The lowest BCUT2D eigenvalue weighted by Gasteiger charge is -2.18. The van der Waals surface area contributed by atoms with Crippen molar-refractivity contribution in [3.63, 3.8) is 0 Å². The molecule has 7 heteroatoms.